The molecule has 2 aromatic rings. The first kappa shape index (κ1) is 17.2. The van der Waals surface area contributed by atoms with Crippen molar-refractivity contribution in [1.29, 1.82) is 0 Å². The van der Waals surface area contributed by atoms with E-state index in [2.05, 4.69) is 15.3 Å². The highest BCUT2D eigenvalue weighted by Gasteiger charge is 2.12. The molecule has 25 heavy (non-hydrogen) atoms. The van der Waals surface area contributed by atoms with Crippen LogP contribution in [0, 0.1) is 0 Å². The Morgan fingerprint density at radius 1 is 1.12 bits per heavy atom. The van der Waals surface area contributed by atoms with E-state index in [1.165, 1.54) is 19.3 Å². The van der Waals surface area contributed by atoms with Gasteiger partial charge in [-0.05, 0) is 44.1 Å². The van der Waals surface area contributed by atoms with Crippen LogP contribution in [0.5, 0.6) is 0 Å². The normalized spacial score (nSPS) is 15.0. The third kappa shape index (κ3) is 4.67. The summed E-state index contributed by atoms with van der Waals surface area (Å²) < 4.78 is 1.79. The van der Waals surface area contributed by atoms with Gasteiger partial charge in [0.2, 0.25) is 5.91 Å². The maximum Gasteiger partial charge on any atom is 0.258 e. The lowest BCUT2D eigenvalue weighted by atomic mass is 10.1. The first-order valence-electron chi connectivity index (χ1n) is 8.58. The monoisotopic (exact) mass is 341 g/mol. The summed E-state index contributed by atoms with van der Waals surface area (Å²) in [6, 6.07) is 6.56. The van der Waals surface area contributed by atoms with E-state index in [-0.39, 0.29) is 5.91 Å². The summed E-state index contributed by atoms with van der Waals surface area (Å²) in [7, 11) is 0. The van der Waals surface area contributed by atoms with Gasteiger partial charge < -0.3 is 16.0 Å². The number of likely N-dealkylation sites (tertiary alicyclic amines) is 1. The molecule has 1 fully saturated rings. The smallest absolute Gasteiger partial charge is 0.258 e. The molecule has 1 aromatic carbocycles. The average molecular weight is 341 g/mol. The predicted octanol–water partition coefficient (Wildman–Crippen LogP) is 1.72. The molecule has 0 spiro atoms. The topological polar surface area (TPSA) is 93.2 Å². The molecule has 1 saturated heterocycles. The maximum absolute atomic E-state index is 12.3. The highest BCUT2D eigenvalue weighted by atomic mass is 16.2. The van der Waals surface area contributed by atoms with E-state index in [0.717, 1.165) is 26.2 Å². The number of carbonyl (C=O) groups is 2. The molecule has 3 rings (SSSR count). The van der Waals surface area contributed by atoms with Crippen LogP contribution in [0.4, 0.5) is 5.69 Å². The van der Waals surface area contributed by atoms with Gasteiger partial charge in [0.1, 0.15) is 0 Å². The fourth-order valence-corrected chi connectivity index (χ4v) is 2.98. The Morgan fingerprint density at radius 2 is 1.92 bits per heavy atom. The molecule has 2 heterocycles. The Labute approximate surface area is 146 Å². The zero-order valence-electron chi connectivity index (χ0n) is 14.1. The van der Waals surface area contributed by atoms with Crippen LogP contribution < -0.4 is 11.1 Å². The minimum absolute atomic E-state index is 0.258. The van der Waals surface area contributed by atoms with Gasteiger partial charge in [-0.3, -0.25) is 14.3 Å². The molecule has 0 bridgehead atoms. The molecule has 132 valence electrons. The fraction of sp³-hybridized carbons (Fsp3) is 0.389. The van der Waals surface area contributed by atoms with Crippen LogP contribution in [0.25, 0.3) is 0 Å². The number of primary amides is 1. The van der Waals surface area contributed by atoms with Crippen LogP contribution >= 0.6 is 0 Å². The van der Waals surface area contributed by atoms with Crippen molar-refractivity contribution in [3.63, 3.8) is 0 Å². The molecular formula is C18H23N5O2. The number of nitrogens with one attached hydrogen (secondary N) is 1. The van der Waals surface area contributed by atoms with Gasteiger partial charge in [0.25, 0.3) is 5.91 Å². The predicted molar refractivity (Wildman–Crippen MR) is 95.4 cm³/mol. The number of carbonyl (C=O) groups excluding carboxylic acids is 2. The number of nitrogens with zero attached hydrogens (tertiary/aromatic N) is 3. The Hall–Kier alpha value is -2.67. The van der Waals surface area contributed by atoms with E-state index in [9.17, 15) is 9.59 Å². The summed E-state index contributed by atoms with van der Waals surface area (Å²) in [6.45, 7) is 4.00. The second kappa shape index (κ2) is 7.94. The summed E-state index contributed by atoms with van der Waals surface area (Å²) in [4.78, 5) is 26.0. The summed E-state index contributed by atoms with van der Waals surface area (Å²) >= 11 is 0. The molecule has 1 aliphatic rings. The molecule has 7 heteroatoms. The van der Waals surface area contributed by atoms with Crippen molar-refractivity contribution in [2.45, 2.75) is 25.8 Å². The van der Waals surface area contributed by atoms with Gasteiger partial charge in [0, 0.05) is 24.0 Å². The van der Waals surface area contributed by atoms with Crippen LogP contribution in [0.15, 0.2) is 36.7 Å². The minimum atomic E-state index is -0.526. The summed E-state index contributed by atoms with van der Waals surface area (Å²) in [5.41, 5.74) is 6.63. The third-order valence-corrected chi connectivity index (χ3v) is 4.39. The van der Waals surface area contributed by atoms with Crippen molar-refractivity contribution in [1.82, 2.24) is 14.7 Å². The number of hydrogen-bond acceptors (Lipinski definition) is 4. The van der Waals surface area contributed by atoms with Gasteiger partial charge in [-0.2, -0.15) is 5.10 Å². The molecule has 1 aromatic heterocycles. The Bertz CT molecular complexity index is 749. The van der Waals surface area contributed by atoms with Gasteiger partial charge in [0.05, 0.1) is 18.3 Å². The van der Waals surface area contributed by atoms with Crippen molar-refractivity contribution < 1.29 is 9.59 Å². The van der Waals surface area contributed by atoms with Crippen molar-refractivity contribution >= 4 is 17.5 Å². The van der Waals surface area contributed by atoms with Crippen molar-refractivity contribution in [2.24, 2.45) is 5.73 Å². The Morgan fingerprint density at radius 3 is 2.68 bits per heavy atom. The number of aromatic nitrogens is 2. The molecule has 0 aliphatic carbocycles. The van der Waals surface area contributed by atoms with Crippen LogP contribution in [0.3, 0.4) is 0 Å². The molecule has 3 N–H and O–H groups in total. The molecule has 2 amide bonds. The first-order chi connectivity index (χ1) is 12.1. The van der Waals surface area contributed by atoms with Crippen LogP contribution in [0.1, 0.15) is 40.0 Å². The van der Waals surface area contributed by atoms with Crippen LogP contribution in [0.2, 0.25) is 0 Å². The molecule has 1 aliphatic heterocycles. The number of piperidine rings is 1. The molecule has 0 saturated carbocycles. The van der Waals surface area contributed by atoms with Gasteiger partial charge in [-0.15, -0.1) is 0 Å². The van der Waals surface area contributed by atoms with Crippen molar-refractivity contribution in [3.05, 3.63) is 47.8 Å². The highest BCUT2D eigenvalue weighted by Crippen LogP contribution is 2.12. The number of hydrogen-bond donors (Lipinski definition) is 2. The molecule has 0 radical (unpaired) electrons. The van der Waals surface area contributed by atoms with E-state index in [1.54, 1.807) is 41.3 Å². The standard InChI is InChI=1S/C18H23N5O2/c19-17(24)14-5-4-6-16(11-14)21-18(25)15-12-20-23(13-15)10-9-22-7-2-1-3-8-22/h4-6,11-13H,1-3,7-10H2,(H2,19,24)(H,21,25). The summed E-state index contributed by atoms with van der Waals surface area (Å²) in [5.74, 6) is -0.785. The van der Waals surface area contributed by atoms with E-state index in [0.29, 0.717) is 16.8 Å². The average Bonchev–Trinajstić information content (AvgIpc) is 3.10. The van der Waals surface area contributed by atoms with E-state index in [1.807, 2.05) is 0 Å². The minimum Gasteiger partial charge on any atom is -0.366 e. The SMILES string of the molecule is NC(=O)c1cccc(NC(=O)c2cnn(CCN3CCCCC3)c2)c1. The van der Waals surface area contributed by atoms with Gasteiger partial charge in [0.15, 0.2) is 0 Å². The highest BCUT2D eigenvalue weighted by molar-refractivity contribution is 6.04. The quantitative estimate of drug-likeness (QED) is 0.836. The largest absolute Gasteiger partial charge is 0.366 e. The zero-order valence-corrected chi connectivity index (χ0v) is 14.1. The van der Waals surface area contributed by atoms with Crippen molar-refractivity contribution in [2.75, 3.05) is 25.0 Å². The van der Waals surface area contributed by atoms with Crippen molar-refractivity contribution in [3.8, 4) is 0 Å². The summed E-state index contributed by atoms with van der Waals surface area (Å²) in [5, 5.41) is 7.03. The maximum atomic E-state index is 12.3. The van der Waals surface area contributed by atoms with E-state index < -0.39 is 5.91 Å². The second-order valence-electron chi connectivity index (χ2n) is 6.29. The van der Waals surface area contributed by atoms with E-state index in [4.69, 9.17) is 5.73 Å². The Kier molecular flexibility index (Phi) is 5.45. The molecule has 0 unspecified atom stereocenters. The molecular weight excluding hydrogens is 318 g/mol. The van der Waals surface area contributed by atoms with Crippen LogP contribution in [-0.2, 0) is 6.54 Å². The lowest BCUT2D eigenvalue weighted by molar-refractivity contribution is 0.0996. The first-order valence-corrected chi connectivity index (χ1v) is 8.58. The second-order valence-corrected chi connectivity index (χ2v) is 6.29. The third-order valence-electron chi connectivity index (χ3n) is 4.39. The number of amides is 2. The molecule has 7 nitrogen and oxygen atoms in total. The van der Waals surface area contributed by atoms with Gasteiger partial charge >= 0.3 is 0 Å². The number of benzene rings is 1. The lowest BCUT2D eigenvalue weighted by Crippen LogP contribution is -2.32. The van der Waals surface area contributed by atoms with E-state index >= 15 is 0 Å². The number of anilines is 1. The lowest BCUT2D eigenvalue weighted by Gasteiger charge is -2.26. The fourth-order valence-electron chi connectivity index (χ4n) is 2.98. The number of rotatable bonds is 6. The summed E-state index contributed by atoms with van der Waals surface area (Å²) in [6.07, 6.45) is 7.15. The Balaban J connectivity index is 1.56. The molecule has 0 atom stereocenters. The number of nitrogens with two attached hydrogens (primary N) is 1. The van der Waals surface area contributed by atoms with Gasteiger partial charge in [-0.25, -0.2) is 0 Å². The van der Waals surface area contributed by atoms with Gasteiger partial charge in [-0.1, -0.05) is 12.5 Å². The van der Waals surface area contributed by atoms with Crippen LogP contribution in [-0.4, -0.2) is 46.1 Å². The zero-order chi connectivity index (χ0) is 17.6.